The largest absolute Gasteiger partial charge is 0.462 e. The van der Waals surface area contributed by atoms with Gasteiger partial charge in [0.05, 0.1) is 0 Å². The fraction of sp³-hybridized carbons (Fsp3) is 0.691. The van der Waals surface area contributed by atoms with Gasteiger partial charge in [-0.15, -0.1) is 0 Å². The van der Waals surface area contributed by atoms with E-state index in [9.17, 15) is 14.4 Å². The quantitative estimate of drug-likeness (QED) is 0.0263. The summed E-state index contributed by atoms with van der Waals surface area (Å²) in [4.78, 5) is 37.8. The molecule has 0 rings (SSSR count). The van der Waals surface area contributed by atoms with Crippen LogP contribution < -0.4 is 0 Å². The van der Waals surface area contributed by atoms with Gasteiger partial charge in [0, 0.05) is 19.3 Å². The molecule has 0 spiro atoms. The van der Waals surface area contributed by atoms with Crippen molar-refractivity contribution < 1.29 is 28.6 Å². The topological polar surface area (TPSA) is 78.9 Å². The molecule has 348 valence electrons. The molecule has 0 heterocycles. The van der Waals surface area contributed by atoms with Gasteiger partial charge in [-0.2, -0.15) is 0 Å². The fourth-order valence-electron chi connectivity index (χ4n) is 6.50. The first-order valence-corrected chi connectivity index (χ1v) is 25.1. The van der Waals surface area contributed by atoms with E-state index in [1.54, 1.807) is 0 Å². The summed E-state index contributed by atoms with van der Waals surface area (Å²) in [5, 5.41) is 0. The highest BCUT2D eigenvalue weighted by Crippen LogP contribution is 2.12. The molecule has 0 aromatic rings. The Hall–Kier alpha value is -3.41. The van der Waals surface area contributed by atoms with Gasteiger partial charge < -0.3 is 14.2 Å². The van der Waals surface area contributed by atoms with Crippen molar-refractivity contribution in [3.8, 4) is 0 Å². The van der Waals surface area contributed by atoms with Crippen molar-refractivity contribution in [2.75, 3.05) is 13.2 Å². The van der Waals surface area contributed by atoms with Crippen molar-refractivity contribution in [3.05, 3.63) is 85.1 Å². The first-order chi connectivity index (χ1) is 30.0. The van der Waals surface area contributed by atoms with E-state index in [4.69, 9.17) is 14.2 Å². The molecule has 61 heavy (non-hydrogen) atoms. The molecule has 0 aliphatic rings. The molecule has 1 atom stereocenters. The van der Waals surface area contributed by atoms with E-state index in [-0.39, 0.29) is 44.0 Å². The lowest BCUT2D eigenvalue weighted by Gasteiger charge is -2.18. The Kier molecular flexibility index (Phi) is 46.5. The van der Waals surface area contributed by atoms with Gasteiger partial charge in [-0.25, -0.2) is 0 Å². The van der Waals surface area contributed by atoms with Crippen LogP contribution >= 0.6 is 0 Å². The van der Waals surface area contributed by atoms with Crippen LogP contribution in [0.2, 0.25) is 0 Å². The number of carbonyl (C=O) groups is 3. The highest BCUT2D eigenvalue weighted by Gasteiger charge is 2.19. The van der Waals surface area contributed by atoms with Crippen molar-refractivity contribution in [3.63, 3.8) is 0 Å². The van der Waals surface area contributed by atoms with Crippen LogP contribution in [0.25, 0.3) is 0 Å². The monoisotopic (exact) mass is 849 g/mol. The summed E-state index contributed by atoms with van der Waals surface area (Å²) in [5.41, 5.74) is 0. The van der Waals surface area contributed by atoms with E-state index in [2.05, 4.69) is 106 Å². The van der Waals surface area contributed by atoms with Crippen molar-refractivity contribution in [1.82, 2.24) is 0 Å². The van der Waals surface area contributed by atoms with E-state index >= 15 is 0 Å². The molecule has 0 aliphatic heterocycles. The minimum atomic E-state index is -0.819. The van der Waals surface area contributed by atoms with Crippen LogP contribution in [-0.4, -0.2) is 37.2 Å². The maximum atomic E-state index is 12.8. The highest BCUT2D eigenvalue weighted by atomic mass is 16.6. The minimum absolute atomic E-state index is 0.113. The summed E-state index contributed by atoms with van der Waals surface area (Å²) in [6.45, 7) is 6.46. The number of hydrogen-bond donors (Lipinski definition) is 0. The summed E-state index contributed by atoms with van der Waals surface area (Å²) >= 11 is 0. The van der Waals surface area contributed by atoms with Crippen LogP contribution in [0.3, 0.4) is 0 Å². The zero-order valence-corrected chi connectivity index (χ0v) is 39.7. The minimum Gasteiger partial charge on any atom is -0.462 e. The standard InChI is InChI=1S/C55H92O6/c1-4-7-10-13-16-19-22-24-26-27-29-30-33-36-39-42-45-48-54(57)60-51-52(50-59-53(56)47-44-41-38-35-32-21-18-15-12-9-6-3)61-55(58)49-46-43-40-37-34-31-28-25-23-20-17-14-11-8-5-2/h15,17-18,20,24-26,28-30,34,36-37,39,52H,4-14,16,19,21-23,27,31-33,35,38,40-51H2,1-3H3/b18-15-,20-17-,26-24-,28-25-,30-29-,37-34-,39-36-/t52-/m0/s1. The second-order valence-corrected chi connectivity index (χ2v) is 16.4. The summed E-state index contributed by atoms with van der Waals surface area (Å²) < 4.78 is 16.7. The molecular formula is C55H92O6. The molecule has 0 aromatic carbocycles. The smallest absolute Gasteiger partial charge is 0.306 e. The highest BCUT2D eigenvalue weighted by molar-refractivity contribution is 5.71. The van der Waals surface area contributed by atoms with Crippen molar-refractivity contribution in [2.45, 2.75) is 232 Å². The van der Waals surface area contributed by atoms with Gasteiger partial charge in [-0.3, -0.25) is 14.4 Å². The number of carbonyl (C=O) groups excluding carboxylic acids is 3. The summed E-state index contributed by atoms with van der Waals surface area (Å²) in [6.07, 6.45) is 62.9. The molecule has 6 nitrogen and oxygen atoms in total. The predicted octanol–water partition coefficient (Wildman–Crippen LogP) is 16.4. The Morgan fingerprint density at radius 3 is 1.11 bits per heavy atom. The maximum Gasteiger partial charge on any atom is 0.306 e. The molecule has 0 unspecified atom stereocenters. The van der Waals surface area contributed by atoms with Gasteiger partial charge in [-0.1, -0.05) is 183 Å². The summed E-state index contributed by atoms with van der Waals surface area (Å²) in [6, 6.07) is 0. The van der Waals surface area contributed by atoms with Gasteiger partial charge in [0.1, 0.15) is 13.2 Å². The molecule has 0 amide bonds. The molecule has 0 saturated carbocycles. The molecule has 0 saturated heterocycles. The molecule has 6 heteroatoms. The second kappa shape index (κ2) is 49.2. The van der Waals surface area contributed by atoms with Crippen molar-refractivity contribution in [1.29, 1.82) is 0 Å². The molecule has 0 N–H and O–H groups in total. The third-order valence-corrected chi connectivity index (χ3v) is 10.3. The van der Waals surface area contributed by atoms with Crippen LogP contribution in [0.1, 0.15) is 226 Å². The van der Waals surface area contributed by atoms with Gasteiger partial charge >= 0.3 is 17.9 Å². The van der Waals surface area contributed by atoms with Crippen LogP contribution in [0.5, 0.6) is 0 Å². The lowest BCUT2D eigenvalue weighted by molar-refractivity contribution is -0.167. The van der Waals surface area contributed by atoms with Gasteiger partial charge in [-0.05, 0) is 109 Å². The Bertz CT molecular complexity index is 1200. The predicted molar refractivity (Wildman–Crippen MR) is 261 cm³/mol. The van der Waals surface area contributed by atoms with Gasteiger partial charge in [0.25, 0.3) is 0 Å². The Morgan fingerprint density at radius 1 is 0.328 bits per heavy atom. The molecule has 0 fully saturated rings. The molecule has 0 aliphatic carbocycles. The zero-order valence-electron chi connectivity index (χ0n) is 39.7. The second-order valence-electron chi connectivity index (χ2n) is 16.4. The summed E-state index contributed by atoms with van der Waals surface area (Å²) in [5.74, 6) is -1.02. The first-order valence-electron chi connectivity index (χ1n) is 25.1. The summed E-state index contributed by atoms with van der Waals surface area (Å²) in [7, 11) is 0. The van der Waals surface area contributed by atoms with E-state index in [1.165, 1.54) is 96.3 Å². The Labute approximate surface area is 375 Å². The van der Waals surface area contributed by atoms with Crippen molar-refractivity contribution in [2.24, 2.45) is 0 Å². The van der Waals surface area contributed by atoms with E-state index < -0.39 is 6.10 Å². The number of allylic oxidation sites excluding steroid dienone is 14. The average molecular weight is 849 g/mol. The Balaban J connectivity index is 4.53. The van der Waals surface area contributed by atoms with Crippen LogP contribution in [0.4, 0.5) is 0 Å². The number of ether oxygens (including phenoxy) is 3. The lowest BCUT2D eigenvalue weighted by Crippen LogP contribution is -2.30. The molecule has 0 aromatic heterocycles. The lowest BCUT2D eigenvalue weighted by atomic mass is 10.1. The number of esters is 3. The van der Waals surface area contributed by atoms with Gasteiger partial charge in [0.15, 0.2) is 6.10 Å². The average Bonchev–Trinajstić information content (AvgIpc) is 3.26. The fourth-order valence-corrected chi connectivity index (χ4v) is 6.50. The van der Waals surface area contributed by atoms with Crippen LogP contribution in [-0.2, 0) is 28.6 Å². The number of unbranched alkanes of at least 4 members (excludes halogenated alkanes) is 19. The van der Waals surface area contributed by atoms with Crippen LogP contribution in [0.15, 0.2) is 85.1 Å². The van der Waals surface area contributed by atoms with Crippen LogP contribution in [0, 0.1) is 0 Å². The molecular weight excluding hydrogens is 757 g/mol. The zero-order chi connectivity index (χ0) is 44.4. The maximum absolute atomic E-state index is 12.8. The molecule has 0 bridgehead atoms. The number of rotatable bonds is 44. The SMILES string of the molecule is CCCC/C=C\CCCCCCCC(=O)OC[C@@H](COC(=O)CCC/C=C\C/C=C\C/C=C\CCCCCCCC)OC(=O)CCCC/C=C\C/C=C\C/C=C\CCCCC. The molecule has 0 radical (unpaired) electrons. The third kappa shape index (κ3) is 47.5. The normalized spacial score (nSPS) is 12.8. The number of hydrogen-bond acceptors (Lipinski definition) is 6. The first kappa shape index (κ1) is 57.6. The van der Waals surface area contributed by atoms with E-state index in [0.29, 0.717) is 19.3 Å². The van der Waals surface area contributed by atoms with E-state index in [0.717, 1.165) is 77.0 Å². The Morgan fingerprint density at radius 2 is 0.623 bits per heavy atom. The van der Waals surface area contributed by atoms with E-state index in [1.807, 2.05) is 0 Å². The third-order valence-electron chi connectivity index (χ3n) is 10.3. The van der Waals surface area contributed by atoms with Crippen molar-refractivity contribution >= 4 is 17.9 Å². The van der Waals surface area contributed by atoms with Gasteiger partial charge in [0.2, 0.25) is 0 Å².